The smallest absolute Gasteiger partial charge is 0.335 e. The van der Waals surface area contributed by atoms with Crippen molar-refractivity contribution in [1.82, 2.24) is 4.57 Å². The first-order valence-electron chi connectivity index (χ1n) is 11.4. The molecule has 198 valence electrons. The number of hydrogen-bond acceptors (Lipinski definition) is 5. The van der Waals surface area contributed by atoms with E-state index in [2.05, 4.69) is 0 Å². The molecule has 4 rings (SSSR count). The number of carboxylic acid groups (broad SMARTS) is 1. The van der Waals surface area contributed by atoms with Gasteiger partial charge in [0.15, 0.2) is 0 Å². The third-order valence-electron chi connectivity index (χ3n) is 5.45. The standard InChI is InChI=1S/C27H24Cl2N2O6S/c1-27(2,3)37-25(32)16-31(38(35,36)23-14-19(28)13-20(29)15-23)22-7-8-24-17(11-22)9-10-30(24)21-6-4-5-18(12-21)26(33)34/h4-15H,16H2,1-3H3,(H,33,34). The Morgan fingerprint density at radius 3 is 2.29 bits per heavy atom. The van der Waals surface area contributed by atoms with E-state index in [4.69, 9.17) is 27.9 Å². The summed E-state index contributed by atoms with van der Waals surface area (Å²) in [7, 11) is -4.29. The number of carbonyl (C=O) groups excluding carboxylic acids is 1. The SMILES string of the molecule is CC(C)(C)OC(=O)CN(c1ccc2c(ccn2-c2cccc(C(=O)O)c2)c1)S(=O)(=O)c1cc(Cl)cc(Cl)c1. The molecule has 11 heteroatoms. The molecule has 0 aliphatic heterocycles. The summed E-state index contributed by atoms with van der Waals surface area (Å²) in [6.45, 7) is 4.48. The van der Waals surface area contributed by atoms with Crippen LogP contribution in [-0.4, -0.2) is 42.2 Å². The monoisotopic (exact) mass is 574 g/mol. The fourth-order valence-corrected chi connectivity index (χ4v) is 6.04. The van der Waals surface area contributed by atoms with Gasteiger partial charge in [-0.05, 0) is 81.4 Å². The van der Waals surface area contributed by atoms with E-state index in [0.717, 1.165) is 4.31 Å². The largest absolute Gasteiger partial charge is 0.478 e. The molecule has 0 amide bonds. The number of rotatable bonds is 7. The number of ether oxygens (including phenoxy) is 1. The minimum absolute atomic E-state index is 0.129. The van der Waals surface area contributed by atoms with Gasteiger partial charge < -0.3 is 14.4 Å². The molecule has 0 aliphatic rings. The van der Waals surface area contributed by atoms with Crippen molar-refractivity contribution in [2.45, 2.75) is 31.3 Å². The zero-order valence-corrected chi connectivity index (χ0v) is 23.0. The molecule has 0 saturated carbocycles. The number of nitrogens with zero attached hydrogens (tertiary/aromatic N) is 2. The van der Waals surface area contributed by atoms with Crippen LogP contribution in [0.15, 0.2) is 77.8 Å². The van der Waals surface area contributed by atoms with Crippen LogP contribution < -0.4 is 4.31 Å². The number of anilines is 1. The Balaban J connectivity index is 1.81. The number of fused-ring (bicyclic) bond motifs is 1. The van der Waals surface area contributed by atoms with Crippen LogP contribution >= 0.6 is 23.2 Å². The van der Waals surface area contributed by atoms with Crippen LogP contribution in [0.3, 0.4) is 0 Å². The molecular weight excluding hydrogens is 551 g/mol. The summed E-state index contributed by atoms with van der Waals surface area (Å²) >= 11 is 12.1. The number of sulfonamides is 1. The highest BCUT2D eigenvalue weighted by atomic mass is 35.5. The molecule has 0 radical (unpaired) electrons. The molecule has 0 fully saturated rings. The van der Waals surface area contributed by atoms with Crippen LogP contribution in [0.1, 0.15) is 31.1 Å². The molecule has 8 nitrogen and oxygen atoms in total. The van der Waals surface area contributed by atoms with Gasteiger partial charge in [-0.1, -0.05) is 29.3 Å². The van der Waals surface area contributed by atoms with Crippen molar-refractivity contribution < 1.29 is 27.9 Å². The minimum Gasteiger partial charge on any atom is -0.478 e. The average molecular weight is 575 g/mol. The molecule has 3 aromatic carbocycles. The normalized spacial score (nSPS) is 11.9. The number of benzene rings is 3. The van der Waals surface area contributed by atoms with Gasteiger partial charge in [-0.2, -0.15) is 0 Å². The summed E-state index contributed by atoms with van der Waals surface area (Å²) in [5, 5.41) is 10.3. The maximum atomic E-state index is 13.7. The summed E-state index contributed by atoms with van der Waals surface area (Å²) in [6.07, 6.45) is 1.75. The van der Waals surface area contributed by atoms with Crippen LogP contribution in [0, 0.1) is 0 Å². The van der Waals surface area contributed by atoms with Gasteiger partial charge in [-0.3, -0.25) is 9.10 Å². The van der Waals surface area contributed by atoms with Crippen molar-refractivity contribution in [2.24, 2.45) is 0 Å². The van der Waals surface area contributed by atoms with Gasteiger partial charge in [0, 0.05) is 27.3 Å². The number of hydrogen-bond donors (Lipinski definition) is 1. The summed E-state index contributed by atoms with van der Waals surface area (Å²) in [5.41, 5.74) is 0.862. The Hall–Kier alpha value is -3.53. The summed E-state index contributed by atoms with van der Waals surface area (Å²) in [6, 6.07) is 17.0. The van der Waals surface area contributed by atoms with Gasteiger partial charge in [0.2, 0.25) is 0 Å². The molecule has 0 atom stereocenters. The lowest BCUT2D eigenvalue weighted by atomic mass is 10.2. The zero-order chi connectivity index (χ0) is 27.8. The van der Waals surface area contributed by atoms with Crippen molar-refractivity contribution >= 4 is 61.8 Å². The predicted octanol–water partition coefficient (Wildman–Crippen LogP) is 6.17. The molecule has 0 saturated heterocycles. The first-order chi connectivity index (χ1) is 17.7. The van der Waals surface area contributed by atoms with E-state index in [-0.39, 0.29) is 26.2 Å². The number of aromatic nitrogens is 1. The van der Waals surface area contributed by atoms with E-state index in [1.807, 2.05) is 0 Å². The molecule has 1 heterocycles. The van der Waals surface area contributed by atoms with Gasteiger partial charge >= 0.3 is 11.9 Å². The Kier molecular flexibility index (Phi) is 7.47. The van der Waals surface area contributed by atoms with Gasteiger partial charge in [0.05, 0.1) is 21.7 Å². The fraction of sp³-hybridized carbons (Fsp3) is 0.185. The van der Waals surface area contributed by atoms with Crippen LogP contribution in [0.25, 0.3) is 16.6 Å². The van der Waals surface area contributed by atoms with Crippen LogP contribution in [0.4, 0.5) is 5.69 Å². The molecule has 4 aromatic rings. The van der Waals surface area contributed by atoms with E-state index >= 15 is 0 Å². The Labute approximate surface area is 230 Å². The van der Waals surface area contributed by atoms with Crippen LogP contribution in [0.2, 0.25) is 10.0 Å². The van der Waals surface area contributed by atoms with Gasteiger partial charge in [0.25, 0.3) is 10.0 Å². The number of carbonyl (C=O) groups is 2. The van der Waals surface area contributed by atoms with Crippen molar-refractivity contribution in [1.29, 1.82) is 0 Å². The second-order valence-electron chi connectivity index (χ2n) is 9.49. The predicted molar refractivity (Wildman–Crippen MR) is 147 cm³/mol. The fourth-order valence-electron chi connectivity index (χ4n) is 3.91. The zero-order valence-electron chi connectivity index (χ0n) is 20.7. The lowest BCUT2D eigenvalue weighted by molar-refractivity contribution is -0.152. The maximum absolute atomic E-state index is 13.7. The highest BCUT2D eigenvalue weighted by Gasteiger charge is 2.30. The minimum atomic E-state index is -4.29. The molecule has 0 unspecified atom stereocenters. The lowest BCUT2D eigenvalue weighted by Crippen LogP contribution is -2.39. The van der Waals surface area contributed by atoms with E-state index in [9.17, 15) is 23.1 Å². The second-order valence-corrected chi connectivity index (χ2v) is 12.2. The summed E-state index contributed by atoms with van der Waals surface area (Å²) in [5.74, 6) is -1.79. The molecule has 1 aromatic heterocycles. The quantitative estimate of drug-likeness (QED) is 0.264. The first-order valence-corrected chi connectivity index (χ1v) is 13.6. The highest BCUT2D eigenvalue weighted by molar-refractivity contribution is 7.92. The first kappa shape index (κ1) is 27.5. The van der Waals surface area contributed by atoms with E-state index in [1.165, 1.54) is 30.3 Å². The molecule has 0 bridgehead atoms. The van der Waals surface area contributed by atoms with E-state index < -0.39 is 34.1 Å². The van der Waals surface area contributed by atoms with E-state index in [1.54, 1.807) is 67.9 Å². The Morgan fingerprint density at radius 2 is 1.66 bits per heavy atom. The number of esters is 1. The average Bonchev–Trinajstić information content (AvgIpc) is 3.24. The number of halogens is 2. The van der Waals surface area contributed by atoms with Crippen molar-refractivity contribution in [3.63, 3.8) is 0 Å². The maximum Gasteiger partial charge on any atom is 0.335 e. The van der Waals surface area contributed by atoms with Crippen molar-refractivity contribution in [3.8, 4) is 5.69 Å². The highest BCUT2D eigenvalue weighted by Crippen LogP contribution is 2.31. The summed E-state index contributed by atoms with van der Waals surface area (Å²) in [4.78, 5) is 24.0. The van der Waals surface area contributed by atoms with Gasteiger partial charge in [0.1, 0.15) is 12.1 Å². The topological polar surface area (TPSA) is 106 Å². The second kappa shape index (κ2) is 10.3. The van der Waals surface area contributed by atoms with Crippen LogP contribution in [0.5, 0.6) is 0 Å². The number of carboxylic acids is 1. The third kappa shape index (κ3) is 5.96. The molecule has 1 N–H and O–H groups in total. The molecule has 38 heavy (non-hydrogen) atoms. The lowest BCUT2D eigenvalue weighted by Gasteiger charge is -2.26. The van der Waals surface area contributed by atoms with Gasteiger partial charge in [-0.25, -0.2) is 13.2 Å². The number of aromatic carboxylic acids is 1. The van der Waals surface area contributed by atoms with Crippen LogP contribution in [-0.2, 0) is 19.6 Å². The Morgan fingerprint density at radius 1 is 0.974 bits per heavy atom. The molecule has 0 spiro atoms. The molecular formula is C27H24Cl2N2O6S. The van der Waals surface area contributed by atoms with Gasteiger partial charge in [-0.15, -0.1) is 0 Å². The molecule has 0 aliphatic carbocycles. The van der Waals surface area contributed by atoms with E-state index in [0.29, 0.717) is 16.6 Å². The summed E-state index contributed by atoms with van der Waals surface area (Å²) < 4.78 is 35.6. The van der Waals surface area contributed by atoms with Crippen molar-refractivity contribution in [3.05, 3.63) is 88.5 Å². The van der Waals surface area contributed by atoms with Crippen molar-refractivity contribution in [2.75, 3.05) is 10.8 Å². The third-order valence-corrected chi connectivity index (χ3v) is 7.64. The Bertz CT molecular complexity index is 1640.